The maximum atomic E-state index is 13.1. The molecular formula is C32H44N4O4. The van der Waals surface area contributed by atoms with Gasteiger partial charge in [-0.25, -0.2) is 0 Å². The molecule has 4 rings (SSSR count). The topological polar surface area (TPSA) is 82.2 Å². The lowest BCUT2D eigenvalue weighted by atomic mass is 9.95. The molecule has 2 aliphatic heterocycles. The number of ether oxygens (including phenoxy) is 1. The van der Waals surface area contributed by atoms with Crippen molar-refractivity contribution in [2.24, 2.45) is 0 Å². The fourth-order valence-electron chi connectivity index (χ4n) is 5.52. The molecule has 2 aromatic carbocycles. The van der Waals surface area contributed by atoms with E-state index in [0.717, 1.165) is 69.5 Å². The largest absolute Gasteiger partial charge is 0.494 e. The summed E-state index contributed by atoms with van der Waals surface area (Å²) in [5.41, 5.74) is 2.93. The van der Waals surface area contributed by atoms with Gasteiger partial charge in [0.15, 0.2) is 0 Å². The minimum atomic E-state index is 0.0235. The molecule has 0 atom stereocenters. The zero-order chi connectivity index (χ0) is 28.3. The second-order valence-corrected chi connectivity index (χ2v) is 11.1. The molecule has 0 aromatic heterocycles. The molecule has 3 amide bonds. The Balaban J connectivity index is 1.14. The van der Waals surface area contributed by atoms with Crippen LogP contribution in [0, 0.1) is 0 Å². The Kier molecular flexibility index (Phi) is 11.0. The van der Waals surface area contributed by atoms with Crippen LogP contribution in [0.2, 0.25) is 0 Å². The minimum absolute atomic E-state index is 0.0235. The van der Waals surface area contributed by atoms with Gasteiger partial charge in [0.25, 0.3) is 5.91 Å². The van der Waals surface area contributed by atoms with Gasteiger partial charge in [0, 0.05) is 49.8 Å². The predicted molar refractivity (Wildman–Crippen MR) is 158 cm³/mol. The van der Waals surface area contributed by atoms with Gasteiger partial charge < -0.3 is 24.8 Å². The summed E-state index contributed by atoms with van der Waals surface area (Å²) in [7, 11) is 4.06. The maximum absolute atomic E-state index is 13.1. The van der Waals surface area contributed by atoms with Gasteiger partial charge in [-0.15, -0.1) is 0 Å². The number of fused-ring (bicyclic) bond motifs is 1. The average Bonchev–Trinajstić information content (AvgIpc) is 2.97. The van der Waals surface area contributed by atoms with Crippen molar-refractivity contribution < 1.29 is 19.1 Å². The summed E-state index contributed by atoms with van der Waals surface area (Å²) in [6.45, 7) is 3.57. The van der Waals surface area contributed by atoms with Gasteiger partial charge in [-0.3, -0.25) is 14.4 Å². The van der Waals surface area contributed by atoms with Gasteiger partial charge in [-0.2, -0.15) is 0 Å². The van der Waals surface area contributed by atoms with Crippen molar-refractivity contribution >= 4 is 23.4 Å². The summed E-state index contributed by atoms with van der Waals surface area (Å²) < 4.78 is 5.85. The number of unbranched alkanes of at least 4 members (excludes halogenated alkanes) is 2. The number of nitrogens with one attached hydrogen (secondary N) is 1. The molecule has 0 bridgehead atoms. The van der Waals surface area contributed by atoms with Crippen LogP contribution in [0.4, 0.5) is 5.69 Å². The Morgan fingerprint density at radius 2 is 1.70 bits per heavy atom. The van der Waals surface area contributed by atoms with Gasteiger partial charge in [-0.1, -0.05) is 18.2 Å². The Hall–Kier alpha value is -3.39. The molecule has 0 radical (unpaired) electrons. The first-order valence-corrected chi connectivity index (χ1v) is 14.8. The molecule has 8 heteroatoms. The number of hydrogen-bond donors (Lipinski definition) is 1. The number of carbonyl (C=O) groups excluding carboxylic acids is 3. The third kappa shape index (κ3) is 8.31. The standard InChI is InChI=1S/C32H44N4O4/c1-34(2)21-8-20-33-30(37)11-4-3-7-24-40-28-15-12-26(13-16-28)32(39)35-22-18-27(19-23-35)36-29-10-6-5-9-25(29)14-17-31(36)38/h5-6,9-10,12-13,15-16,27H,3-4,7-8,11,14,17-24H2,1-2H3,(H,33,37). The lowest BCUT2D eigenvalue weighted by molar-refractivity contribution is -0.121. The number of likely N-dealkylation sites (tertiary alicyclic amines) is 1. The van der Waals surface area contributed by atoms with E-state index in [1.165, 1.54) is 5.56 Å². The second kappa shape index (κ2) is 14.8. The van der Waals surface area contributed by atoms with Crippen LogP contribution in [0.3, 0.4) is 0 Å². The van der Waals surface area contributed by atoms with E-state index in [1.807, 2.05) is 66.4 Å². The third-order valence-electron chi connectivity index (χ3n) is 7.77. The van der Waals surface area contributed by atoms with Crippen molar-refractivity contribution in [2.45, 2.75) is 63.8 Å². The molecule has 0 aliphatic carbocycles. The molecule has 1 N–H and O–H groups in total. The summed E-state index contributed by atoms with van der Waals surface area (Å²) >= 11 is 0. The van der Waals surface area contributed by atoms with Crippen LogP contribution in [-0.2, 0) is 16.0 Å². The SMILES string of the molecule is CN(C)CCCNC(=O)CCCCCOc1ccc(C(=O)N2CCC(N3C(=O)CCc4ccccc43)CC2)cc1. The number of anilines is 1. The highest BCUT2D eigenvalue weighted by atomic mass is 16.5. The zero-order valence-corrected chi connectivity index (χ0v) is 24.1. The number of hydrogen-bond acceptors (Lipinski definition) is 5. The van der Waals surface area contributed by atoms with Crippen molar-refractivity contribution in [2.75, 3.05) is 51.8 Å². The second-order valence-electron chi connectivity index (χ2n) is 11.1. The van der Waals surface area contributed by atoms with Gasteiger partial charge in [0.1, 0.15) is 5.75 Å². The van der Waals surface area contributed by atoms with Crippen molar-refractivity contribution in [3.05, 3.63) is 59.7 Å². The van der Waals surface area contributed by atoms with Crippen LogP contribution in [-0.4, -0.2) is 80.4 Å². The summed E-state index contributed by atoms with van der Waals surface area (Å²) in [6, 6.07) is 15.7. The van der Waals surface area contributed by atoms with Gasteiger partial charge in [0.2, 0.25) is 11.8 Å². The number of aryl methyl sites for hydroxylation is 1. The lowest BCUT2D eigenvalue weighted by Crippen LogP contribution is -2.50. The van der Waals surface area contributed by atoms with E-state index in [-0.39, 0.29) is 23.8 Å². The molecule has 40 heavy (non-hydrogen) atoms. The van der Waals surface area contributed by atoms with Crippen LogP contribution < -0.4 is 15.0 Å². The van der Waals surface area contributed by atoms with Gasteiger partial charge >= 0.3 is 0 Å². The van der Waals surface area contributed by atoms with E-state index in [1.54, 1.807) is 0 Å². The monoisotopic (exact) mass is 548 g/mol. The Morgan fingerprint density at radius 3 is 2.45 bits per heavy atom. The molecular weight excluding hydrogens is 504 g/mol. The first-order chi connectivity index (χ1) is 19.4. The molecule has 8 nitrogen and oxygen atoms in total. The molecule has 0 saturated carbocycles. The summed E-state index contributed by atoms with van der Waals surface area (Å²) in [5, 5.41) is 2.97. The van der Waals surface area contributed by atoms with E-state index in [0.29, 0.717) is 38.1 Å². The number of piperidine rings is 1. The molecule has 216 valence electrons. The highest BCUT2D eigenvalue weighted by Gasteiger charge is 2.33. The van der Waals surface area contributed by atoms with Crippen LogP contribution in [0.5, 0.6) is 5.75 Å². The minimum Gasteiger partial charge on any atom is -0.494 e. The highest BCUT2D eigenvalue weighted by Crippen LogP contribution is 2.32. The van der Waals surface area contributed by atoms with Crippen molar-refractivity contribution in [1.29, 1.82) is 0 Å². The molecule has 2 heterocycles. The Bertz CT molecular complexity index is 1130. The van der Waals surface area contributed by atoms with Crippen LogP contribution in [0.25, 0.3) is 0 Å². The van der Waals surface area contributed by atoms with E-state index in [9.17, 15) is 14.4 Å². The summed E-state index contributed by atoms with van der Waals surface area (Å²) in [5.74, 6) is 1.08. The normalized spacial score (nSPS) is 15.7. The van der Waals surface area contributed by atoms with Crippen molar-refractivity contribution in [1.82, 2.24) is 15.1 Å². The molecule has 2 aromatic rings. The summed E-state index contributed by atoms with van der Waals surface area (Å²) in [4.78, 5) is 43.8. The van der Waals surface area contributed by atoms with E-state index in [4.69, 9.17) is 4.74 Å². The number of amides is 3. The fraction of sp³-hybridized carbons (Fsp3) is 0.531. The van der Waals surface area contributed by atoms with Crippen molar-refractivity contribution in [3.63, 3.8) is 0 Å². The van der Waals surface area contributed by atoms with E-state index in [2.05, 4.69) is 16.3 Å². The van der Waals surface area contributed by atoms with Crippen LogP contribution >= 0.6 is 0 Å². The number of rotatable bonds is 13. The van der Waals surface area contributed by atoms with E-state index >= 15 is 0 Å². The highest BCUT2D eigenvalue weighted by molar-refractivity contribution is 5.97. The zero-order valence-electron chi connectivity index (χ0n) is 24.1. The van der Waals surface area contributed by atoms with Crippen molar-refractivity contribution in [3.8, 4) is 5.75 Å². The van der Waals surface area contributed by atoms with Gasteiger partial charge in [0.05, 0.1) is 6.61 Å². The molecule has 0 unspecified atom stereocenters. The molecule has 2 aliphatic rings. The quantitative estimate of drug-likeness (QED) is 0.378. The Labute approximate surface area is 238 Å². The van der Waals surface area contributed by atoms with Crippen LogP contribution in [0.15, 0.2) is 48.5 Å². The predicted octanol–water partition coefficient (Wildman–Crippen LogP) is 4.28. The smallest absolute Gasteiger partial charge is 0.253 e. The summed E-state index contributed by atoms with van der Waals surface area (Å²) in [6.07, 6.45) is 7.11. The number of benzene rings is 2. The number of nitrogens with zero attached hydrogens (tertiary/aromatic N) is 3. The molecule has 0 spiro atoms. The number of carbonyl (C=O) groups is 3. The van der Waals surface area contributed by atoms with Gasteiger partial charge in [-0.05, 0) is 101 Å². The Morgan fingerprint density at radius 1 is 0.950 bits per heavy atom. The first kappa shape index (κ1) is 29.6. The first-order valence-electron chi connectivity index (χ1n) is 14.8. The maximum Gasteiger partial charge on any atom is 0.253 e. The van der Waals surface area contributed by atoms with E-state index < -0.39 is 0 Å². The molecule has 1 saturated heterocycles. The lowest BCUT2D eigenvalue weighted by Gasteiger charge is -2.41. The number of para-hydroxylation sites is 1. The van der Waals surface area contributed by atoms with Crippen LogP contribution in [0.1, 0.15) is 67.3 Å². The average molecular weight is 549 g/mol. The fourth-order valence-corrected chi connectivity index (χ4v) is 5.52. The third-order valence-corrected chi connectivity index (χ3v) is 7.77. The molecule has 1 fully saturated rings.